The number of ketones is 1. The molecule has 0 saturated carbocycles. The summed E-state index contributed by atoms with van der Waals surface area (Å²) in [4.78, 5) is 26.8. The predicted molar refractivity (Wildman–Crippen MR) is 149 cm³/mol. The van der Waals surface area contributed by atoms with Crippen LogP contribution >= 0.6 is 23.2 Å². The van der Waals surface area contributed by atoms with E-state index in [4.69, 9.17) is 23.2 Å². The first-order chi connectivity index (χ1) is 17.8. The van der Waals surface area contributed by atoms with Crippen molar-refractivity contribution in [2.45, 2.75) is 51.0 Å². The van der Waals surface area contributed by atoms with Gasteiger partial charge in [-0.3, -0.25) is 9.59 Å². The van der Waals surface area contributed by atoms with E-state index < -0.39 is 6.10 Å². The maximum Gasteiger partial charge on any atom is 0.248 e. The summed E-state index contributed by atoms with van der Waals surface area (Å²) in [6, 6.07) is 19.6. The van der Waals surface area contributed by atoms with Gasteiger partial charge in [-0.05, 0) is 72.2 Å². The zero-order valence-electron chi connectivity index (χ0n) is 20.3. The molecule has 4 rings (SSSR count). The van der Waals surface area contributed by atoms with E-state index in [2.05, 4.69) is 17.1 Å². The SMILES string of the molecule is O=C(CCc1c(Cl)cccc1Cl)Cc1cccc(CCCCC(O)c2ccc(O)c3[nH]c(=O)ccc23)c1. The van der Waals surface area contributed by atoms with Crippen molar-refractivity contribution < 1.29 is 15.0 Å². The van der Waals surface area contributed by atoms with Crippen LogP contribution in [0.1, 0.15) is 54.0 Å². The topological polar surface area (TPSA) is 90.4 Å². The number of benzene rings is 3. The summed E-state index contributed by atoms with van der Waals surface area (Å²) in [5.74, 6) is 0.119. The number of rotatable bonds is 11. The molecule has 1 aromatic heterocycles. The first-order valence-corrected chi connectivity index (χ1v) is 13.1. The van der Waals surface area contributed by atoms with Gasteiger partial charge >= 0.3 is 0 Å². The van der Waals surface area contributed by atoms with E-state index >= 15 is 0 Å². The minimum Gasteiger partial charge on any atom is -0.506 e. The number of phenolic OH excluding ortho intramolecular Hbond substituents is 1. The Bertz CT molecular complexity index is 1440. The molecule has 0 spiro atoms. The number of aromatic nitrogens is 1. The Labute approximate surface area is 225 Å². The van der Waals surface area contributed by atoms with E-state index in [0.717, 1.165) is 36.0 Å². The van der Waals surface area contributed by atoms with Crippen LogP contribution in [0.3, 0.4) is 0 Å². The van der Waals surface area contributed by atoms with Crippen molar-refractivity contribution in [2.75, 3.05) is 0 Å². The molecule has 0 radical (unpaired) electrons. The van der Waals surface area contributed by atoms with Gasteiger partial charge in [0.1, 0.15) is 11.5 Å². The molecule has 0 aliphatic carbocycles. The smallest absolute Gasteiger partial charge is 0.248 e. The van der Waals surface area contributed by atoms with E-state index in [1.165, 1.54) is 12.1 Å². The van der Waals surface area contributed by atoms with Crippen LogP contribution in [0.2, 0.25) is 10.0 Å². The van der Waals surface area contributed by atoms with Crippen molar-refractivity contribution in [3.63, 3.8) is 0 Å². The van der Waals surface area contributed by atoms with Crippen molar-refractivity contribution in [3.8, 4) is 5.75 Å². The van der Waals surface area contributed by atoms with Crippen molar-refractivity contribution in [2.24, 2.45) is 0 Å². The van der Waals surface area contributed by atoms with Crippen LogP contribution in [0.25, 0.3) is 10.9 Å². The van der Waals surface area contributed by atoms with Gasteiger partial charge in [-0.15, -0.1) is 0 Å². The van der Waals surface area contributed by atoms with Gasteiger partial charge in [0.15, 0.2) is 0 Å². The van der Waals surface area contributed by atoms with Gasteiger partial charge in [-0.2, -0.15) is 0 Å². The number of hydrogen-bond acceptors (Lipinski definition) is 4. The lowest BCUT2D eigenvalue weighted by Gasteiger charge is -2.14. The van der Waals surface area contributed by atoms with Gasteiger partial charge in [0.05, 0.1) is 11.6 Å². The minimum atomic E-state index is -0.704. The lowest BCUT2D eigenvalue weighted by atomic mass is 9.96. The summed E-state index contributed by atoms with van der Waals surface area (Å²) in [6.07, 6.45) is 3.64. The molecule has 7 heteroatoms. The Morgan fingerprint density at radius 3 is 2.41 bits per heavy atom. The molecule has 0 saturated heterocycles. The second kappa shape index (κ2) is 12.4. The number of phenols is 1. The third kappa shape index (κ3) is 7.01. The van der Waals surface area contributed by atoms with E-state index in [1.54, 1.807) is 30.3 Å². The highest BCUT2D eigenvalue weighted by Gasteiger charge is 2.14. The number of Topliss-reactive ketones (excluding diaryl/α,β-unsaturated/α-hetero) is 1. The molecule has 37 heavy (non-hydrogen) atoms. The molecule has 0 amide bonds. The van der Waals surface area contributed by atoms with Crippen LogP contribution < -0.4 is 5.56 Å². The van der Waals surface area contributed by atoms with Gasteiger partial charge in [-0.1, -0.05) is 66.0 Å². The summed E-state index contributed by atoms with van der Waals surface area (Å²) in [6.45, 7) is 0. The largest absolute Gasteiger partial charge is 0.506 e. The average Bonchev–Trinajstić information content (AvgIpc) is 2.87. The van der Waals surface area contributed by atoms with Crippen molar-refractivity contribution in [3.05, 3.63) is 109 Å². The molecule has 3 aromatic carbocycles. The van der Waals surface area contributed by atoms with Gasteiger partial charge in [-0.25, -0.2) is 0 Å². The normalized spacial score (nSPS) is 12.1. The second-order valence-electron chi connectivity index (χ2n) is 9.28. The van der Waals surface area contributed by atoms with E-state index in [-0.39, 0.29) is 17.1 Å². The molecule has 0 aliphatic rings. The highest BCUT2D eigenvalue weighted by Crippen LogP contribution is 2.31. The van der Waals surface area contributed by atoms with Gasteiger partial charge < -0.3 is 15.2 Å². The lowest BCUT2D eigenvalue weighted by molar-refractivity contribution is -0.118. The lowest BCUT2D eigenvalue weighted by Crippen LogP contribution is -2.06. The third-order valence-electron chi connectivity index (χ3n) is 6.57. The summed E-state index contributed by atoms with van der Waals surface area (Å²) in [5.41, 5.74) is 3.67. The number of pyridine rings is 1. The summed E-state index contributed by atoms with van der Waals surface area (Å²) in [7, 11) is 0. The van der Waals surface area contributed by atoms with Crippen LogP contribution in [0.15, 0.2) is 71.5 Å². The first kappa shape index (κ1) is 26.9. The number of nitrogens with one attached hydrogen (secondary N) is 1. The fourth-order valence-electron chi connectivity index (χ4n) is 4.62. The molecule has 0 aliphatic heterocycles. The quantitative estimate of drug-likeness (QED) is 0.185. The number of aliphatic hydroxyl groups is 1. The Hall–Kier alpha value is -3.12. The van der Waals surface area contributed by atoms with Crippen LogP contribution in [0, 0.1) is 0 Å². The molecule has 4 aromatic rings. The average molecular weight is 538 g/mol. The number of halogens is 2. The van der Waals surface area contributed by atoms with Crippen molar-refractivity contribution in [1.82, 2.24) is 4.98 Å². The van der Waals surface area contributed by atoms with Crippen molar-refractivity contribution in [1.29, 1.82) is 0 Å². The van der Waals surface area contributed by atoms with Gasteiger partial charge in [0.2, 0.25) is 5.56 Å². The molecule has 1 unspecified atom stereocenters. The molecular weight excluding hydrogens is 509 g/mol. The third-order valence-corrected chi connectivity index (χ3v) is 7.28. The van der Waals surface area contributed by atoms with Crippen LogP contribution in [-0.2, 0) is 24.1 Å². The summed E-state index contributed by atoms with van der Waals surface area (Å²) in [5, 5.41) is 22.6. The number of hydrogen-bond donors (Lipinski definition) is 3. The van der Waals surface area contributed by atoms with E-state index in [9.17, 15) is 19.8 Å². The highest BCUT2D eigenvalue weighted by atomic mass is 35.5. The molecule has 1 heterocycles. The maximum atomic E-state index is 12.6. The van der Waals surface area contributed by atoms with Gasteiger partial charge in [0, 0.05) is 34.3 Å². The Morgan fingerprint density at radius 1 is 0.892 bits per heavy atom. The fourth-order valence-corrected chi connectivity index (χ4v) is 5.21. The molecular formula is C30H29Cl2NO4. The summed E-state index contributed by atoms with van der Waals surface area (Å²) < 4.78 is 0. The number of aromatic amines is 1. The number of aryl methyl sites for hydroxylation is 1. The number of aromatic hydroxyl groups is 1. The zero-order valence-corrected chi connectivity index (χ0v) is 21.9. The van der Waals surface area contributed by atoms with Crippen LogP contribution in [-0.4, -0.2) is 21.0 Å². The van der Waals surface area contributed by atoms with Crippen molar-refractivity contribution >= 4 is 39.9 Å². The van der Waals surface area contributed by atoms with Crippen LogP contribution in [0.4, 0.5) is 0 Å². The molecule has 3 N–H and O–H groups in total. The Kier molecular flexibility index (Phi) is 9.04. The Balaban J connectivity index is 1.27. The number of carbonyl (C=O) groups excluding carboxylic acids is 1. The standard InChI is InChI=1S/C30H29Cl2NO4/c31-25-8-4-9-26(32)24(25)12-11-21(34)18-20-7-3-6-19(17-20)5-1-2-10-27(35)22-13-15-28(36)30-23(22)14-16-29(37)33-30/h3-4,6-9,13-17,27,35-36H,1-2,5,10-12,18H2,(H,33,37). The number of unbranched alkanes of at least 4 members (excludes halogenated alkanes) is 1. The maximum absolute atomic E-state index is 12.6. The zero-order chi connectivity index (χ0) is 26.4. The molecule has 1 atom stereocenters. The van der Waals surface area contributed by atoms with E-state index in [0.29, 0.717) is 52.2 Å². The number of carbonyl (C=O) groups is 1. The predicted octanol–water partition coefficient (Wildman–Crippen LogP) is 6.73. The minimum absolute atomic E-state index is 0.0188. The molecule has 0 fully saturated rings. The van der Waals surface area contributed by atoms with Gasteiger partial charge in [0.25, 0.3) is 0 Å². The molecule has 0 bridgehead atoms. The highest BCUT2D eigenvalue weighted by molar-refractivity contribution is 6.36. The van der Waals surface area contributed by atoms with Crippen LogP contribution in [0.5, 0.6) is 5.75 Å². The monoisotopic (exact) mass is 537 g/mol. The Morgan fingerprint density at radius 2 is 1.62 bits per heavy atom. The number of aliphatic hydroxyl groups excluding tert-OH is 1. The molecule has 5 nitrogen and oxygen atoms in total. The first-order valence-electron chi connectivity index (χ1n) is 12.4. The van der Waals surface area contributed by atoms with E-state index in [1.807, 2.05) is 12.1 Å². The number of fused-ring (bicyclic) bond motifs is 1. The molecule has 192 valence electrons. The fraction of sp³-hybridized carbons (Fsp3) is 0.267. The second-order valence-corrected chi connectivity index (χ2v) is 10.1. The summed E-state index contributed by atoms with van der Waals surface area (Å²) >= 11 is 12.4. The number of H-pyrrole nitrogens is 1.